The molecule has 0 aliphatic carbocycles. The van der Waals surface area contributed by atoms with E-state index in [2.05, 4.69) is 15.3 Å². The van der Waals surface area contributed by atoms with E-state index in [0.29, 0.717) is 16.7 Å². The van der Waals surface area contributed by atoms with Crippen molar-refractivity contribution in [2.45, 2.75) is 52.7 Å². The fourth-order valence-corrected chi connectivity index (χ4v) is 3.37. The van der Waals surface area contributed by atoms with Crippen LogP contribution in [0.1, 0.15) is 64.3 Å². The highest BCUT2D eigenvalue weighted by molar-refractivity contribution is 6.03. The van der Waals surface area contributed by atoms with Gasteiger partial charge in [-0.25, -0.2) is 13.8 Å². The molecular weight excluding hydrogens is 394 g/mol. The van der Waals surface area contributed by atoms with E-state index in [-0.39, 0.29) is 42.0 Å². The maximum Gasteiger partial charge on any atom is 0.272 e. The van der Waals surface area contributed by atoms with Crippen molar-refractivity contribution in [2.75, 3.05) is 6.61 Å². The minimum absolute atomic E-state index is 0.0536. The molecule has 1 unspecified atom stereocenters. The smallest absolute Gasteiger partial charge is 0.272 e. The van der Waals surface area contributed by atoms with Crippen LogP contribution in [0.2, 0.25) is 0 Å². The van der Waals surface area contributed by atoms with Gasteiger partial charge in [0.05, 0.1) is 6.04 Å². The van der Waals surface area contributed by atoms with Gasteiger partial charge in [0.15, 0.2) is 6.61 Å². The van der Waals surface area contributed by atoms with Crippen molar-refractivity contribution in [1.29, 1.82) is 0 Å². The summed E-state index contributed by atoms with van der Waals surface area (Å²) in [5, 5.41) is 2.80. The number of aryl methyl sites for hydroxylation is 1. The molecule has 0 fully saturated rings. The molecule has 2 aromatic heterocycles. The summed E-state index contributed by atoms with van der Waals surface area (Å²) in [5.41, 5.74) is 2.62. The Bertz CT molecular complexity index is 965. The molecule has 30 heavy (non-hydrogen) atoms. The number of hydrogen-bond donors (Lipinski definition) is 1. The lowest BCUT2D eigenvalue weighted by Crippen LogP contribution is -2.31. The van der Waals surface area contributed by atoms with Crippen molar-refractivity contribution in [3.8, 4) is 5.88 Å². The molecule has 1 atom stereocenters. The highest BCUT2D eigenvalue weighted by Gasteiger charge is 2.35. The van der Waals surface area contributed by atoms with Crippen LogP contribution in [-0.4, -0.2) is 45.8 Å². The number of carbonyl (C=O) groups excluding carboxylic acids is 2. The summed E-state index contributed by atoms with van der Waals surface area (Å²) in [7, 11) is 0. The lowest BCUT2D eigenvalue weighted by molar-refractivity contribution is 0.0712. The number of ether oxygens (including phenoxy) is 1. The van der Waals surface area contributed by atoms with Crippen molar-refractivity contribution >= 4 is 11.8 Å². The number of fused-ring (bicyclic) bond motifs is 1. The minimum Gasteiger partial charge on any atom is -0.471 e. The average molecular weight is 418 g/mol. The van der Waals surface area contributed by atoms with Gasteiger partial charge in [0, 0.05) is 41.7 Å². The largest absolute Gasteiger partial charge is 0.471 e. The summed E-state index contributed by atoms with van der Waals surface area (Å²) in [6, 6.07) is 2.98. The highest BCUT2D eigenvalue weighted by Crippen LogP contribution is 2.33. The van der Waals surface area contributed by atoms with Crippen LogP contribution in [0.4, 0.5) is 8.78 Å². The number of hydrogen-bond acceptors (Lipinski definition) is 5. The van der Waals surface area contributed by atoms with Crippen LogP contribution in [0.25, 0.3) is 0 Å². The zero-order chi connectivity index (χ0) is 22.0. The Labute approximate surface area is 173 Å². The molecule has 3 rings (SSSR count). The predicted molar refractivity (Wildman–Crippen MR) is 106 cm³/mol. The number of carbonyl (C=O) groups is 2. The third-order valence-corrected chi connectivity index (χ3v) is 4.86. The Kier molecular flexibility index (Phi) is 6.28. The maximum absolute atomic E-state index is 13.0. The molecule has 2 aromatic rings. The van der Waals surface area contributed by atoms with Gasteiger partial charge in [-0.3, -0.25) is 14.6 Å². The molecule has 1 aliphatic rings. The van der Waals surface area contributed by atoms with Crippen LogP contribution in [0, 0.1) is 6.92 Å². The van der Waals surface area contributed by atoms with Gasteiger partial charge < -0.3 is 15.0 Å². The minimum atomic E-state index is -2.58. The summed E-state index contributed by atoms with van der Waals surface area (Å²) in [6.07, 6.45) is 0.390. The van der Waals surface area contributed by atoms with Gasteiger partial charge in [0.25, 0.3) is 18.2 Å². The normalized spacial score (nSPS) is 14.3. The van der Waals surface area contributed by atoms with E-state index in [1.165, 1.54) is 12.4 Å². The van der Waals surface area contributed by atoms with Crippen LogP contribution in [0.15, 0.2) is 24.5 Å². The second-order valence-corrected chi connectivity index (χ2v) is 7.52. The molecule has 0 bridgehead atoms. The van der Waals surface area contributed by atoms with Crippen molar-refractivity contribution < 1.29 is 23.1 Å². The standard InChI is InChI=1S/C21H24F2N4O3/c1-11(2)26-19(28)18-16-9-27(21(29)15(16)5-6-24-18)13(4)14-7-12(3)20(25-8-14)30-10-17(22)23/h5-8,11,13,17H,9-10H2,1-4H3,(H,26,28). The Morgan fingerprint density at radius 2 is 2.03 bits per heavy atom. The molecule has 1 aliphatic heterocycles. The average Bonchev–Trinajstić information content (AvgIpc) is 3.02. The first-order valence-corrected chi connectivity index (χ1v) is 9.66. The monoisotopic (exact) mass is 418 g/mol. The van der Waals surface area contributed by atoms with Crippen LogP contribution in [0.5, 0.6) is 5.88 Å². The fraction of sp³-hybridized carbons (Fsp3) is 0.429. The van der Waals surface area contributed by atoms with E-state index in [0.717, 1.165) is 5.56 Å². The summed E-state index contributed by atoms with van der Waals surface area (Å²) in [4.78, 5) is 35.4. The van der Waals surface area contributed by atoms with E-state index < -0.39 is 13.0 Å². The molecule has 0 saturated heterocycles. The van der Waals surface area contributed by atoms with E-state index in [9.17, 15) is 18.4 Å². The number of alkyl halides is 2. The summed E-state index contributed by atoms with van der Waals surface area (Å²) < 4.78 is 29.7. The summed E-state index contributed by atoms with van der Waals surface area (Å²) in [5.74, 6) is -0.379. The lowest BCUT2D eigenvalue weighted by Gasteiger charge is -2.25. The summed E-state index contributed by atoms with van der Waals surface area (Å²) >= 11 is 0. The van der Waals surface area contributed by atoms with Gasteiger partial charge in [-0.05, 0) is 45.4 Å². The molecule has 0 spiro atoms. The topological polar surface area (TPSA) is 84.4 Å². The first-order chi connectivity index (χ1) is 14.2. The van der Waals surface area contributed by atoms with E-state index in [4.69, 9.17) is 4.74 Å². The Hall–Kier alpha value is -3.10. The van der Waals surface area contributed by atoms with Crippen LogP contribution in [0.3, 0.4) is 0 Å². The van der Waals surface area contributed by atoms with Crippen molar-refractivity contribution in [3.05, 3.63) is 52.5 Å². The number of nitrogens with zero attached hydrogens (tertiary/aromatic N) is 3. The first-order valence-electron chi connectivity index (χ1n) is 9.66. The van der Waals surface area contributed by atoms with Crippen LogP contribution < -0.4 is 10.1 Å². The number of pyridine rings is 2. The van der Waals surface area contributed by atoms with Gasteiger partial charge in [-0.1, -0.05) is 0 Å². The molecule has 3 heterocycles. The third-order valence-electron chi connectivity index (χ3n) is 4.86. The Morgan fingerprint density at radius 3 is 2.67 bits per heavy atom. The number of amides is 2. The SMILES string of the molecule is Cc1cc(C(C)N2Cc3c(ccnc3C(=O)NC(C)C)C2=O)cnc1OCC(F)F. The van der Waals surface area contributed by atoms with Gasteiger partial charge >= 0.3 is 0 Å². The molecule has 7 nitrogen and oxygen atoms in total. The number of aromatic nitrogens is 2. The maximum atomic E-state index is 13.0. The van der Waals surface area contributed by atoms with E-state index in [1.807, 2.05) is 20.8 Å². The molecule has 2 amide bonds. The highest BCUT2D eigenvalue weighted by atomic mass is 19.3. The quantitative estimate of drug-likeness (QED) is 0.746. The molecule has 1 N–H and O–H groups in total. The number of rotatable bonds is 7. The second kappa shape index (κ2) is 8.73. The summed E-state index contributed by atoms with van der Waals surface area (Å²) in [6.45, 7) is 6.78. The zero-order valence-corrected chi connectivity index (χ0v) is 17.3. The number of halogens is 2. The van der Waals surface area contributed by atoms with Crippen molar-refractivity contribution in [3.63, 3.8) is 0 Å². The third kappa shape index (κ3) is 4.39. The molecule has 0 aromatic carbocycles. The van der Waals surface area contributed by atoms with Crippen molar-refractivity contribution in [2.24, 2.45) is 0 Å². The van der Waals surface area contributed by atoms with E-state index in [1.54, 1.807) is 24.0 Å². The van der Waals surface area contributed by atoms with E-state index >= 15 is 0 Å². The van der Waals surface area contributed by atoms with Gasteiger partial charge in [-0.2, -0.15) is 0 Å². The zero-order valence-electron chi connectivity index (χ0n) is 17.3. The van der Waals surface area contributed by atoms with Gasteiger partial charge in [-0.15, -0.1) is 0 Å². The van der Waals surface area contributed by atoms with Crippen LogP contribution in [-0.2, 0) is 6.54 Å². The molecule has 0 radical (unpaired) electrons. The predicted octanol–water partition coefficient (Wildman–Crippen LogP) is 3.28. The fourth-order valence-electron chi connectivity index (χ4n) is 3.37. The molecule has 0 saturated carbocycles. The molecular formula is C21H24F2N4O3. The second-order valence-electron chi connectivity index (χ2n) is 7.52. The van der Waals surface area contributed by atoms with Gasteiger partial charge in [0.2, 0.25) is 5.88 Å². The lowest BCUT2D eigenvalue weighted by atomic mass is 10.1. The Balaban J connectivity index is 1.82. The van der Waals surface area contributed by atoms with Crippen molar-refractivity contribution in [1.82, 2.24) is 20.2 Å². The van der Waals surface area contributed by atoms with Crippen LogP contribution >= 0.6 is 0 Å². The Morgan fingerprint density at radius 1 is 1.30 bits per heavy atom. The van der Waals surface area contributed by atoms with Gasteiger partial charge in [0.1, 0.15) is 5.69 Å². The molecule has 9 heteroatoms. The first kappa shape index (κ1) is 21.6. The molecule has 160 valence electrons. The number of nitrogens with one attached hydrogen (secondary N) is 1.